The zero-order valence-corrected chi connectivity index (χ0v) is 11.7. The van der Waals surface area contributed by atoms with Crippen LogP contribution in [0.15, 0.2) is 35.6 Å². The first kappa shape index (κ1) is 15.7. The number of hydrogen-bond acceptors (Lipinski definition) is 5. The summed E-state index contributed by atoms with van der Waals surface area (Å²) in [6, 6.07) is 4.35. The maximum Gasteiger partial charge on any atom is 0.290 e. The number of rotatable bonds is 5. The lowest BCUT2D eigenvalue weighted by molar-refractivity contribution is -0.305. The molecule has 2 rings (SSSR count). The van der Waals surface area contributed by atoms with Crippen LogP contribution < -0.4 is 5.11 Å². The first-order valence-corrected chi connectivity index (χ1v) is 6.54. The molecule has 116 valence electrons. The van der Waals surface area contributed by atoms with Crippen molar-refractivity contribution in [2.75, 3.05) is 6.54 Å². The summed E-state index contributed by atoms with van der Waals surface area (Å²) >= 11 is 0. The molecule has 1 atom stereocenters. The van der Waals surface area contributed by atoms with E-state index in [-0.39, 0.29) is 17.7 Å². The molecule has 0 unspecified atom stereocenters. The first-order valence-electron chi connectivity index (χ1n) is 6.54. The van der Waals surface area contributed by atoms with E-state index in [1.165, 1.54) is 18.2 Å². The van der Waals surface area contributed by atoms with Crippen LogP contribution in [0.4, 0.5) is 4.39 Å². The maximum absolute atomic E-state index is 14.0. The van der Waals surface area contributed by atoms with Crippen LogP contribution in [0.3, 0.4) is 0 Å². The number of benzene rings is 1. The number of aliphatic hydroxyl groups is 1. The van der Waals surface area contributed by atoms with E-state index in [0.29, 0.717) is 0 Å². The molecule has 0 fully saturated rings. The van der Waals surface area contributed by atoms with Crippen LogP contribution in [0.5, 0.6) is 0 Å². The Kier molecular flexibility index (Phi) is 4.25. The minimum absolute atomic E-state index is 0.0171. The van der Waals surface area contributed by atoms with Gasteiger partial charge in [-0.1, -0.05) is 18.2 Å². The lowest BCUT2D eigenvalue weighted by Crippen LogP contribution is -2.35. The second-order valence-corrected chi connectivity index (χ2v) is 4.86. The molecule has 0 aliphatic carbocycles. The van der Waals surface area contributed by atoms with Crippen molar-refractivity contribution in [2.24, 2.45) is 0 Å². The molecular formula is C15H13FNO5-. The highest BCUT2D eigenvalue weighted by molar-refractivity contribution is 6.08. The number of carbonyl (C=O) groups is 3. The number of amides is 1. The Labute approximate surface area is 125 Å². The highest BCUT2D eigenvalue weighted by atomic mass is 19.1. The predicted octanol–water partition coefficient (Wildman–Crippen LogP) is 0.250. The van der Waals surface area contributed by atoms with Gasteiger partial charge < -0.3 is 19.9 Å². The van der Waals surface area contributed by atoms with E-state index in [4.69, 9.17) is 0 Å². The molecule has 0 bridgehead atoms. The van der Waals surface area contributed by atoms with E-state index in [0.717, 1.165) is 17.9 Å². The number of carboxylic acid groups (broad SMARTS) is 1. The number of hydrogen-bond donors (Lipinski definition) is 1. The molecule has 0 spiro atoms. The van der Waals surface area contributed by atoms with Crippen molar-refractivity contribution in [3.8, 4) is 0 Å². The maximum atomic E-state index is 14.0. The van der Waals surface area contributed by atoms with Crippen molar-refractivity contribution < 1.29 is 29.0 Å². The summed E-state index contributed by atoms with van der Waals surface area (Å²) in [5.41, 5.74) is -0.225. The lowest BCUT2D eigenvalue weighted by atomic mass is 9.96. The third-order valence-electron chi connectivity index (χ3n) is 3.44. The van der Waals surface area contributed by atoms with Gasteiger partial charge in [0.15, 0.2) is 11.5 Å². The highest BCUT2D eigenvalue weighted by Crippen LogP contribution is 2.38. The summed E-state index contributed by atoms with van der Waals surface area (Å²) in [7, 11) is 0. The van der Waals surface area contributed by atoms with Gasteiger partial charge in [0, 0.05) is 24.5 Å². The fourth-order valence-electron chi connectivity index (χ4n) is 2.48. The van der Waals surface area contributed by atoms with Gasteiger partial charge in [0.05, 0.1) is 11.6 Å². The summed E-state index contributed by atoms with van der Waals surface area (Å²) in [4.78, 5) is 35.4. The van der Waals surface area contributed by atoms with E-state index < -0.39 is 41.7 Å². The number of nitrogens with zero attached hydrogens (tertiary/aromatic N) is 1. The van der Waals surface area contributed by atoms with E-state index in [1.807, 2.05) is 0 Å². The van der Waals surface area contributed by atoms with Crippen LogP contribution >= 0.6 is 0 Å². The molecule has 1 amide bonds. The summed E-state index contributed by atoms with van der Waals surface area (Å²) < 4.78 is 14.0. The Morgan fingerprint density at radius 2 is 2.00 bits per heavy atom. The second kappa shape index (κ2) is 5.97. The standard InChI is InChI=1S/C15H14FNO5/c1-8(18)12-13(9-4-2-3-5-10(9)16)17(7-6-11(19)20)15(22)14(12)21/h2-5,13,21H,6-7H2,1H3,(H,19,20)/p-1/t13-/m0/s1. The number of carboxylic acids is 1. The average Bonchev–Trinajstić information content (AvgIpc) is 2.69. The summed E-state index contributed by atoms with van der Waals surface area (Å²) in [6.45, 7) is 0.843. The van der Waals surface area contributed by atoms with E-state index >= 15 is 0 Å². The monoisotopic (exact) mass is 306 g/mol. The van der Waals surface area contributed by atoms with Crippen molar-refractivity contribution >= 4 is 17.7 Å². The quantitative estimate of drug-likeness (QED) is 0.841. The molecule has 0 radical (unpaired) electrons. The molecular weight excluding hydrogens is 293 g/mol. The zero-order valence-electron chi connectivity index (χ0n) is 11.7. The van der Waals surface area contributed by atoms with Crippen LogP contribution in [0, 0.1) is 5.82 Å². The van der Waals surface area contributed by atoms with Gasteiger partial charge in [0.25, 0.3) is 5.91 Å². The van der Waals surface area contributed by atoms with Gasteiger partial charge in [-0.3, -0.25) is 9.59 Å². The van der Waals surface area contributed by atoms with Crippen molar-refractivity contribution in [3.05, 3.63) is 47.0 Å². The Morgan fingerprint density at radius 3 is 2.55 bits per heavy atom. The van der Waals surface area contributed by atoms with Crippen molar-refractivity contribution in [3.63, 3.8) is 0 Å². The minimum atomic E-state index is -1.39. The molecule has 1 heterocycles. The number of Topliss-reactive ketones (excluding diaryl/α,β-unsaturated/α-hetero) is 1. The normalized spacial score (nSPS) is 18.0. The van der Waals surface area contributed by atoms with Crippen LogP contribution in [-0.2, 0) is 14.4 Å². The second-order valence-electron chi connectivity index (χ2n) is 4.86. The Bertz CT molecular complexity index is 682. The van der Waals surface area contributed by atoms with E-state index in [1.54, 1.807) is 0 Å². The third kappa shape index (κ3) is 2.69. The summed E-state index contributed by atoms with van der Waals surface area (Å²) in [5.74, 6) is -4.32. The highest BCUT2D eigenvalue weighted by Gasteiger charge is 2.42. The molecule has 1 aliphatic heterocycles. The molecule has 1 N–H and O–H groups in total. The fourth-order valence-corrected chi connectivity index (χ4v) is 2.48. The van der Waals surface area contributed by atoms with Crippen molar-refractivity contribution in [1.29, 1.82) is 0 Å². The summed E-state index contributed by atoms with van der Waals surface area (Å²) in [5, 5.41) is 20.5. The van der Waals surface area contributed by atoms with Gasteiger partial charge in [0.1, 0.15) is 5.82 Å². The Hall–Kier alpha value is -2.70. The summed E-state index contributed by atoms with van der Waals surface area (Å²) in [6.07, 6.45) is -0.491. The fraction of sp³-hybridized carbons (Fsp3) is 0.267. The van der Waals surface area contributed by atoms with Gasteiger partial charge in [-0.15, -0.1) is 0 Å². The van der Waals surface area contributed by atoms with Crippen molar-refractivity contribution in [2.45, 2.75) is 19.4 Å². The number of halogens is 1. The zero-order chi connectivity index (χ0) is 16.4. The van der Waals surface area contributed by atoms with Gasteiger partial charge in [-0.2, -0.15) is 0 Å². The number of carbonyl (C=O) groups excluding carboxylic acids is 3. The number of ketones is 1. The molecule has 0 saturated heterocycles. The van der Waals surface area contributed by atoms with Crippen LogP contribution in [0.1, 0.15) is 24.9 Å². The average molecular weight is 306 g/mol. The van der Waals surface area contributed by atoms with Crippen LogP contribution in [-0.4, -0.2) is 34.2 Å². The van der Waals surface area contributed by atoms with Gasteiger partial charge >= 0.3 is 0 Å². The lowest BCUT2D eigenvalue weighted by Gasteiger charge is -2.27. The minimum Gasteiger partial charge on any atom is -0.550 e. The SMILES string of the molecule is CC(=O)C1=C(O)C(=O)N(CCC(=O)[O-])[C@H]1c1ccccc1F. The molecule has 0 aromatic heterocycles. The van der Waals surface area contributed by atoms with Crippen molar-refractivity contribution in [1.82, 2.24) is 4.90 Å². The largest absolute Gasteiger partial charge is 0.550 e. The molecule has 1 aromatic carbocycles. The number of aliphatic hydroxyl groups excluding tert-OH is 1. The van der Waals surface area contributed by atoms with E-state index in [2.05, 4.69) is 0 Å². The molecule has 22 heavy (non-hydrogen) atoms. The molecule has 6 nitrogen and oxygen atoms in total. The third-order valence-corrected chi connectivity index (χ3v) is 3.44. The van der Waals surface area contributed by atoms with Crippen LogP contribution in [0.25, 0.3) is 0 Å². The topological polar surface area (TPSA) is 97.7 Å². The molecule has 0 saturated carbocycles. The van der Waals surface area contributed by atoms with Gasteiger partial charge in [-0.05, 0) is 13.0 Å². The van der Waals surface area contributed by atoms with Gasteiger partial charge in [0.2, 0.25) is 0 Å². The molecule has 7 heteroatoms. The smallest absolute Gasteiger partial charge is 0.290 e. The van der Waals surface area contributed by atoms with E-state index in [9.17, 15) is 29.0 Å². The Balaban J connectivity index is 2.51. The Morgan fingerprint density at radius 1 is 1.36 bits per heavy atom. The number of aliphatic carboxylic acids is 1. The van der Waals surface area contributed by atoms with Crippen LogP contribution in [0.2, 0.25) is 0 Å². The van der Waals surface area contributed by atoms with Gasteiger partial charge in [-0.25, -0.2) is 4.39 Å². The molecule has 1 aliphatic rings. The first-order chi connectivity index (χ1) is 10.3. The predicted molar refractivity (Wildman–Crippen MR) is 70.8 cm³/mol. The molecule has 1 aromatic rings.